The molecule has 0 atom stereocenters. The number of allylic oxidation sites excluding steroid dienone is 1. The molecule has 2 aromatic carbocycles. The summed E-state index contributed by atoms with van der Waals surface area (Å²) in [4.78, 5) is 38.7. The minimum absolute atomic E-state index is 0.267. The largest absolute Gasteiger partial charge is 0.456 e. The molecule has 7 heteroatoms. The first-order chi connectivity index (χ1) is 16.7. The van der Waals surface area contributed by atoms with Gasteiger partial charge in [0.25, 0.3) is 17.4 Å². The SMILES string of the molecule is C=CC(=O)n1cc(-c2cc(C)ccc2Oc2c(C)cccc2C)c2cc(C(=O)NCC)sc2c1=O. The zero-order valence-corrected chi connectivity index (χ0v) is 20.9. The first-order valence-corrected chi connectivity index (χ1v) is 12.1. The van der Waals surface area contributed by atoms with Gasteiger partial charge in [0.05, 0.1) is 4.88 Å². The van der Waals surface area contributed by atoms with Crippen LogP contribution in [0.4, 0.5) is 0 Å². The van der Waals surface area contributed by atoms with Gasteiger partial charge in [-0.3, -0.25) is 14.4 Å². The van der Waals surface area contributed by atoms with Crippen molar-refractivity contribution in [1.29, 1.82) is 0 Å². The van der Waals surface area contributed by atoms with Crippen molar-refractivity contribution in [2.75, 3.05) is 6.54 Å². The van der Waals surface area contributed by atoms with Gasteiger partial charge >= 0.3 is 0 Å². The van der Waals surface area contributed by atoms with Crippen molar-refractivity contribution in [3.8, 4) is 22.6 Å². The van der Waals surface area contributed by atoms with Crippen molar-refractivity contribution in [2.24, 2.45) is 0 Å². The molecule has 6 nitrogen and oxygen atoms in total. The number of fused-ring (bicyclic) bond motifs is 1. The Bertz CT molecular complexity index is 1520. The number of hydrogen-bond donors (Lipinski definition) is 1. The first kappa shape index (κ1) is 24.2. The highest BCUT2D eigenvalue weighted by molar-refractivity contribution is 7.20. The van der Waals surface area contributed by atoms with E-state index in [2.05, 4.69) is 11.9 Å². The normalized spacial score (nSPS) is 10.9. The molecule has 2 aromatic heterocycles. The molecule has 0 fully saturated rings. The third-order valence-electron chi connectivity index (χ3n) is 5.71. The molecular weight excluding hydrogens is 460 g/mol. The van der Waals surface area contributed by atoms with Gasteiger partial charge in [-0.25, -0.2) is 4.57 Å². The Balaban J connectivity index is 2.02. The van der Waals surface area contributed by atoms with Gasteiger partial charge < -0.3 is 10.1 Å². The fourth-order valence-corrected chi connectivity index (χ4v) is 4.99. The summed E-state index contributed by atoms with van der Waals surface area (Å²) in [6.45, 7) is 11.7. The lowest BCUT2D eigenvalue weighted by molar-refractivity contribution is 0.0954. The number of para-hydroxylation sites is 1. The number of benzene rings is 2. The Morgan fingerprint density at radius 2 is 1.80 bits per heavy atom. The first-order valence-electron chi connectivity index (χ1n) is 11.2. The maximum Gasteiger partial charge on any atom is 0.275 e. The molecule has 0 aliphatic heterocycles. The van der Waals surface area contributed by atoms with Gasteiger partial charge in [-0.15, -0.1) is 11.3 Å². The van der Waals surface area contributed by atoms with E-state index < -0.39 is 11.5 Å². The number of nitrogens with zero attached hydrogens (tertiary/aromatic N) is 1. The van der Waals surface area contributed by atoms with Crippen LogP contribution in [0.5, 0.6) is 11.5 Å². The summed E-state index contributed by atoms with van der Waals surface area (Å²) in [6.07, 6.45) is 2.61. The van der Waals surface area contributed by atoms with Crippen LogP contribution in [0.25, 0.3) is 21.2 Å². The van der Waals surface area contributed by atoms with Crippen LogP contribution in [0.15, 0.2) is 66.1 Å². The van der Waals surface area contributed by atoms with Gasteiger partial charge in [0.1, 0.15) is 16.2 Å². The summed E-state index contributed by atoms with van der Waals surface area (Å²) < 4.78 is 7.76. The molecule has 0 aliphatic carbocycles. The predicted octanol–water partition coefficient (Wildman–Crippen LogP) is 6.02. The molecule has 0 radical (unpaired) electrons. The molecule has 1 N–H and O–H groups in total. The van der Waals surface area contributed by atoms with Crippen LogP contribution in [-0.4, -0.2) is 22.9 Å². The van der Waals surface area contributed by atoms with E-state index in [9.17, 15) is 14.4 Å². The number of hydrogen-bond acceptors (Lipinski definition) is 5. The number of carbonyl (C=O) groups excluding carboxylic acids is 2. The molecule has 1 amide bonds. The minimum atomic E-state index is -0.545. The standard InChI is InChI=1S/C28H26N2O4S/c1-6-24(31)30-15-21(20-14-23(27(32)29-7-2)35-26(20)28(30)33)19-13-16(3)11-12-22(19)34-25-17(4)9-8-10-18(25)5/h6,8-15H,1,7H2,2-5H3,(H,29,32). The molecule has 0 aliphatic rings. The number of aromatic nitrogens is 1. The molecule has 178 valence electrons. The number of nitrogens with one attached hydrogen (secondary N) is 1. The molecule has 0 bridgehead atoms. The van der Waals surface area contributed by atoms with Gasteiger partial charge in [0.15, 0.2) is 0 Å². The van der Waals surface area contributed by atoms with Gasteiger partial charge in [0, 0.05) is 29.3 Å². The number of thiophene rings is 1. The van der Waals surface area contributed by atoms with Gasteiger partial charge in [-0.1, -0.05) is 36.4 Å². The summed E-state index contributed by atoms with van der Waals surface area (Å²) in [7, 11) is 0. The van der Waals surface area contributed by atoms with Crippen LogP contribution < -0.4 is 15.6 Å². The van der Waals surface area contributed by atoms with Crippen LogP contribution >= 0.6 is 11.3 Å². The quantitative estimate of drug-likeness (QED) is 0.338. The highest BCUT2D eigenvalue weighted by Gasteiger charge is 2.21. The lowest BCUT2D eigenvalue weighted by Gasteiger charge is -2.17. The Morgan fingerprint density at radius 3 is 2.46 bits per heavy atom. The molecule has 35 heavy (non-hydrogen) atoms. The number of amides is 1. The molecule has 0 spiro atoms. The molecule has 4 aromatic rings. The Kier molecular flexibility index (Phi) is 6.71. The molecule has 0 unspecified atom stereocenters. The number of ether oxygens (including phenoxy) is 1. The van der Waals surface area contributed by atoms with Crippen molar-refractivity contribution in [3.63, 3.8) is 0 Å². The minimum Gasteiger partial charge on any atom is -0.456 e. The Morgan fingerprint density at radius 1 is 1.09 bits per heavy atom. The molecule has 4 rings (SSSR count). The fourth-order valence-electron chi connectivity index (χ4n) is 3.97. The second-order valence-electron chi connectivity index (χ2n) is 8.30. The number of rotatable bonds is 6. The molecule has 2 heterocycles. The summed E-state index contributed by atoms with van der Waals surface area (Å²) in [5.41, 5.74) is 3.80. The van der Waals surface area contributed by atoms with Crippen LogP contribution in [-0.2, 0) is 0 Å². The lowest BCUT2D eigenvalue weighted by atomic mass is 10.0. The van der Waals surface area contributed by atoms with Gasteiger partial charge in [-0.05, 0) is 63.1 Å². The average molecular weight is 487 g/mol. The zero-order chi connectivity index (χ0) is 25.3. The van der Waals surface area contributed by atoms with E-state index in [1.807, 2.05) is 64.1 Å². The number of aryl methyl sites for hydroxylation is 3. The van der Waals surface area contributed by atoms with E-state index in [0.717, 1.165) is 44.4 Å². The highest BCUT2D eigenvalue weighted by atomic mass is 32.1. The highest BCUT2D eigenvalue weighted by Crippen LogP contribution is 2.40. The van der Waals surface area contributed by atoms with Crippen LogP contribution in [0.1, 0.15) is 38.1 Å². The van der Waals surface area contributed by atoms with Gasteiger partial charge in [0.2, 0.25) is 0 Å². The number of carbonyl (C=O) groups is 2. The van der Waals surface area contributed by atoms with E-state index in [1.54, 1.807) is 6.07 Å². The summed E-state index contributed by atoms with van der Waals surface area (Å²) in [5, 5.41) is 3.36. The van der Waals surface area contributed by atoms with Crippen molar-refractivity contribution in [1.82, 2.24) is 9.88 Å². The van der Waals surface area contributed by atoms with Crippen LogP contribution in [0.2, 0.25) is 0 Å². The van der Waals surface area contributed by atoms with E-state index in [-0.39, 0.29) is 5.91 Å². The maximum atomic E-state index is 13.2. The second-order valence-corrected chi connectivity index (χ2v) is 9.35. The molecular formula is C28H26N2O4S. The van der Waals surface area contributed by atoms with Gasteiger partial charge in [-0.2, -0.15) is 0 Å². The third kappa shape index (κ3) is 4.55. The predicted molar refractivity (Wildman–Crippen MR) is 141 cm³/mol. The topological polar surface area (TPSA) is 77.4 Å². The number of pyridine rings is 1. The van der Waals surface area contributed by atoms with E-state index in [4.69, 9.17) is 4.74 Å². The zero-order valence-electron chi connectivity index (χ0n) is 20.1. The average Bonchev–Trinajstić information content (AvgIpc) is 3.29. The van der Waals surface area contributed by atoms with Crippen LogP contribution in [0.3, 0.4) is 0 Å². The van der Waals surface area contributed by atoms with E-state index >= 15 is 0 Å². The summed E-state index contributed by atoms with van der Waals surface area (Å²) in [5.74, 6) is 0.516. The second kappa shape index (κ2) is 9.72. The van der Waals surface area contributed by atoms with E-state index in [1.165, 1.54) is 6.20 Å². The molecule has 0 saturated carbocycles. The van der Waals surface area contributed by atoms with Crippen molar-refractivity contribution in [2.45, 2.75) is 27.7 Å². The van der Waals surface area contributed by atoms with Crippen molar-refractivity contribution < 1.29 is 14.3 Å². The summed E-state index contributed by atoms with van der Waals surface area (Å²) >= 11 is 1.07. The van der Waals surface area contributed by atoms with Crippen molar-refractivity contribution in [3.05, 3.63) is 93.2 Å². The van der Waals surface area contributed by atoms with Crippen LogP contribution in [0, 0.1) is 20.8 Å². The van der Waals surface area contributed by atoms with Crippen molar-refractivity contribution >= 4 is 33.2 Å². The smallest absolute Gasteiger partial charge is 0.275 e. The third-order valence-corrected chi connectivity index (χ3v) is 6.83. The maximum absolute atomic E-state index is 13.2. The summed E-state index contributed by atoms with van der Waals surface area (Å²) in [6, 6.07) is 13.4. The Labute approximate surface area is 207 Å². The monoisotopic (exact) mass is 486 g/mol. The lowest BCUT2D eigenvalue weighted by Crippen LogP contribution is -2.24. The Hall–Kier alpha value is -3.97. The van der Waals surface area contributed by atoms with E-state index in [0.29, 0.717) is 38.4 Å². The molecule has 0 saturated heterocycles. The fraction of sp³-hybridized carbons (Fsp3) is 0.179.